The molecule has 0 aliphatic carbocycles. The van der Waals surface area contributed by atoms with Crippen molar-refractivity contribution in [2.75, 3.05) is 5.32 Å². The molecule has 8 heteroatoms. The normalized spacial score (nSPS) is 11.8. The predicted molar refractivity (Wildman–Crippen MR) is 107 cm³/mol. The van der Waals surface area contributed by atoms with Crippen LogP contribution in [-0.4, -0.2) is 19.3 Å². The Bertz CT molecular complexity index is 831. The Morgan fingerprint density at radius 2 is 1.77 bits per heavy atom. The van der Waals surface area contributed by atoms with Crippen molar-refractivity contribution in [3.8, 4) is 0 Å². The van der Waals surface area contributed by atoms with E-state index in [2.05, 4.69) is 17.2 Å². The lowest BCUT2D eigenvalue weighted by atomic mass is 10.1. The van der Waals surface area contributed by atoms with Gasteiger partial charge in [0.15, 0.2) is 5.13 Å². The van der Waals surface area contributed by atoms with Crippen LogP contribution in [0.2, 0.25) is 0 Å². The maximum absolute atomic E-state index is 12.0. The number of unbranched alkanes of at least 4 members (excludes halogenated alkanes) is 7. The number of thiazole rings is 1. The molecule has 0 bridgehead atoms. The standard InChI is InChI=1S/C18H27N3O3S2/c1-2-3-4-5-6-7-8-9-10-17(22)21-18-20-15-12-11-14(26(19,23)24)13-16(15)25-18/h11-13H,2-10H2,1H3,(H2,19,23,24)(H,20,21,22). The van der Waals surface area contributed by atoms with Crippen LogP contribution in [0.5, 0.6) is 0 Å². The number of carbonyl (C=O) groups is 1. The first-order chi connectivity index (χ1) is 12.4. The van der Waals surface area contributed by atoms with Gasteiger partial charge in [-0.2, -0.15) is 0 Å². The van der Waals surface area contributed by atoms with Gasteiger partial charge in [-0.1, -0.05) is 63.2 Å². The highest BCUT2D eigenvalue weighted by atomic mass is 32.2. The Balaban J connectivity index is 1.77. The number of rotatable bonds is 11. The van der Waals surface area contributed by atoms with Crippen LogP contribution in [0.15, 0.2) is 23.1 Å². The minimum Gasteiger partial charge on any atom is -0.302 e. The van der Waals surface area contributed by atoms with E-state index in [0.29, 0.717) is 21.8 Å². The molecule has 0 atom stereocenters. The van der Waals surface area contributed by atoms with Gasteiger partial charge in [0, 0.05) is 6.42 Å². The summed E-state index contributed by atoms with van der Waals surface area (Å²) in [5, 5.41) is 8.41. The zero-order chi connectivity index (χ0) is 19.0. The second-order valence-corrected chi connectivity index (χ2v) is 9.06. The first-order valence-corrected chi connectivity index (χ1v) is 11.5. The second kappa shape index (κ2) is 9.99. The number of benzene rings is 1. The van der Waals surface area contributed by atoms with Gasteiger partial charge in [-0.3, -0.25) is 4.79 Å². The fraction of sp³-hybridized carbons (Fsp3) is 0.556. The van der Waals surface area contributed by atoms with Gasteiger partial charge >= 0.3 is 0 Å². The van der Waals surface area contributed by atoms with Crippen molar-refractivity contribution >= 4 is 42.6 Å². The Labute approximate surface area is 159 Å². The fourth-order valence-electron chi connectivity index (χ4n) is 2.74. The Morgan fingerprint density at radius 3 is 2.42 bits per heavy atom. The first-order valence-electron chi connectivity index (χ1n) is 9.13. The van der Waals surface area contributed by atoms with Crippen molar-refractivity contribution in [3.63, 3.8) is 0 Å². The second-order valence-electron chi connectivity index (χ2n) is 6.47. The van der Waals surface area contributed by atoms with Crippen molar-refractivity contribution < 1.29 is 13.2 Å². The van der Waals surface area contributed by atoms with E-state index in [1.807, 2.05) is 0 Å². The molecule has 2 aromatic rings. The molecule has 0 spiro atoms. The number of fused-ring (bicyclic) bond motifs is 1. The quantitative estimate of drug-likeness (QED) is 0.548. The van der Waals surface area contributed by atoms with Gasteiger partial charge in [-0.25, -0.2) is 18.5 Å². The molecular formula is C18H27N3O3S2. The van der Waals surface area contributed by atoms with E-state index in [4.69, 9.17) is 5.14 Å². The maximum Gasteiger partial charge on any atom is 0.238 e. The molecular weight excluding hydrogens is 370 g/mol. The molecule has 144 valence electrons. The van der Waals surface area contributed by atoms with E-state index in [0.717, 1.165) is 12.8 Å². The summed E-state index contributed by atoms with van der Waals surface area (Å²) in [6, 6.07) is 4.50. The van der Waals surface area contributed by atoms with Crippen molar-refractivity contribution in [1.82, 2.24) is 4.98 Å². The van der Waals surface area contributed by atoms with E-state index < -0.39 is 10.0 Å². The highest BCUT2D eigenvalue weighted by Gasteiger charge is 2.12. The number of nitrogens with one attached hydrogen (secondary N) is 1. The fourth-order valence-corrected chi connectivity index (χ4v) is 4.27. The average molecular weight is 398 g/mol. The van der Waals surface area contributed by atoms with Gasteiger partial charge in [0.05, 0.1) is 15.1 Å². The van der Waals surface area contributed by atoms with Crippen LogP contribution in [0, 0.1) is 0 Å². The summed E-state index contributed by atoms with van der Waals surface area (Å²) in [7, 11) is -3.74. The van der Waals surface area contributed by atoms with Gasteiger partial charge in [-0.05, 0) is 24.6 Å². The highest BCUT2D eigenvalue weighted by molar-refractivity contribution is 7.89. The maximum atomic E-state index is 12.0. The first kappa shape index (κ1) is 20.8. The SMILES string of the molecule is CCCCCCCCCCC(=O)Nc1nc2ccc(S(N)(=O)=O)cc2s1. The molecule has 6 nitrogen and oxygen atoms in total. The van der Waals surface area contributed by atoms with Gasteiger partial charge < -0.3 is 5.32 Å². The molecule has 3 N–H and O–H groups in total. The number of hydrogen-bond donors (Lipinski definition) is 2. The van der Waals surface area contributed by atoms with Crippen molar-refractivity contribution in [3.05, 3.63) is 18.2 Å². The average Bonchev–Trinajstić information content (AvgIpc) is 2.97. The Morgan fingerprint density at radius 1 is 1.12 bits per heavy atom. The summed E-state index contributed by atoms with van der Waals surface area (Å²) in [4.78, 5) is 16.4. The number of aromatic nitrogens is 1. The monoisotopic (exact) mass is 397 g/mol. The predicted octanol–water partition coefficient (Wildman–Crippen LogP) is 4.41. The molecule has 0 saturated carbocycles. The highest BCUT2D eigenvalue weighted by Crippen LogP contribution is 2.28. The van der Waals surface area contributed by atoms with Gasteiger partial charge in [0.2, 0.25) is 15.9 Å². The summed E-state index contributed by atoms with van der Waals surface area (Å²) in [5.74, 6) is -0.0540. The number of nitrogens with zero attached hydrogens (tertiary/aromatic N) is 1. The lowest BCUT2D eigenvalue weighted by Gasteiger charge is -2.02. The number of primary sulfonamides is 1. The zero-order valence-electron chi connectivity index (χ0n) is 15.2. The molecule has 26 heavy (non-hydrogen) atoms. The largest absolute Gasteiger partial charge is 0.302 e. The van der Waals surface area contributed by atoms with Crippen LogP contribution in [0.1, 0.15) is 64.7 Å². The van der Waals surface area contributed by atoms with E-state index in [-0.39, 0.29) is 10.8 Å². The van der Waals surface area contributed by atoms with Gasteiger partial charge in [-0.15, -0.1) is 0 Å². The van der Waals surface area contributed by atoms with Crippen molar-refractivity contribution in [1.29, 1.82) is 0 Å². The van der Waals surface area contributed by atoms with Crippen LogP contribution in [0.25, 0.3) is 10.2 Å². The summed E-state index contributed by atoms with van der Waals surface area (Å²) in [6.45, 7) is 2.21. The molecule has 0 fully saturated rings. The van der Waals surface area contributed by atoms with Crippen LogP contribution in [0.3, 0.4) is 0 Å². The molecule has 0 aliphatic rings. The molecule has 1 aromatic heterocycles. The third-order valence-electron chi connectivity index (χ3n) is 4.19. The van der Waals surface area contributed by atoms with Crippen LogP contribution in [0.4, 0.5) is 5.13 Å². The molecule has 1 amide bonds. The van der Waals surface area contributed by atoms with Crippen LogP contribution < -0.4 is 10.5 Å². The minimum atomic E-state index is -3.74. The van der Waals surface area contributed by atoms with Gasteiger partial charge in [0.1, 0.15) is 0 Å². The topological polar surface area (TPSA) is 102 Å². The lowest BCUT2D eigenvalue weighted by Crippen LogP contribution is -2.11. The summed E-state index contributed by atoms with van der Waals surface area (Å²) < 4.78 is 23.5. The van der Waals surface area contributed by atoms with E-state index in [9.17, 15) is 13.2 Å². The van der Waals surface area contributed by atoms with E-state index >= 15 is 0 Å². The van der Waals surface area contributed by atoms with Crippen LogP contribution in [-0.2, 0) is 14.8 Å². The molecule has 0 unspecified atom stereocenters. The number of anilines is 1. The third kappa shape index (κ3) is 6.66. The zero-order valence-corrected chi connectivity index (χ0v) is 16.8. The van der Waals surface area contributed by atoms with Crippen molar-refractivity contribution in [2.24, 2.45) is 5.14 Å². The molecule has 0 aliphatic heterocycles. The summed E-state index contributed by atoms with van der Waals surface area (Å²) in [6.07, 6.45) is 10.00. The smallest absolute Gasteiger partial charge is 0.238 e. The third-order valence-corrected chi connectivity index (χ3v) is 6.04. The number of amides is 1. The molecule has 0 radical (unpaired) electrons. The summed E-state index contributed by atoms with van der Waals surface area (Å²) >= 11 is 1.25. The summed E-state index contributed by atoms with van der Waals surface area (Å²) in [5.41, 5.74) is 0.643. The van der Waals surface area contributed by atoms with Crippen LogP contribution >= 0.6 is 11.3 Å². The number of carbonyl (C=O) groups excluding carboxylic acids is 1. The molecule has 2 rings (SSSR count). The minimum absolute atomic E-state index is 0.0467. The van der Waals surface area contributed by atoms with E-state index in [1.54, 1.807) is 6.07 Å². The van der Waals surface area contributed by atoms with E-state index in [1.165, 1.54) is 62.0 Å². The number of sulfonamides is 1. The Hall–Kier alpha value is -1.51. The molecule has 1 heterocycles. The molecule has 1 aromatic carbocycles. The number of hydrogen-bond acceptors (Lipinski definition) is 5. The number of nitrogens with two attached hydrogens (primary N) is 1. The lowest BCUT2D eigenvalue weighted by molar-refractivity contribution is -0.116. The van der Waals surface area contributed by atoms with Gasteiger partial charge in [0.25, 0.3) is 0 Å². The Kier molecular flexibility index (Phi) is 7.99. The van der Waals surface area contributed by atoms with Crippen molar-refractivity contribution in [2.45, 2.75) is 69.6 Å². The molecule has 0 saturated heterocycles.